The Morgan fingerprint density at radius 2 is 1.80 bits per heavy atom. The summed E-state index contributed by atoms with van der Waals surface area (Å²) in [6.07, 6.45) is 7.01. The largest absolute Gasteiger partial charge is 0.339 e. The summed E-state index contributed by atoms with van der Waals surface area (Å²) >= 11 is 0. The molecule has 1 aromatic carbocycles. The second-order valence-corrected chi connectivity index (χ2v) is 5.14. The summed E-state index contributed by atoms with van der Waals surface area (Å²) < 4.78 is 0. The van der Waals surface area contributed by atoms with Crippen molar-refractivity contribution in [1.82, 2.24) is 9.88 Å². The molecule has 1 aliphatic heterocycles. The maximum atomic E-state index is 12.7. The highest BCUT2D eigenvalue weighted by Gasteiger charge is 2.20. The third-order valence-corrected chi connectivity index (χ3v) is 3.77. The molecule has 3 rings (SSSR count). The Bertz CT molecular complexity index is 589. The molecule has 1 aromatic heterocycles. The lowest BCUT2D eigenvalue weighted by Crippen LogP contribution is -2.35. The van der Waals surface area contributed by atoms with Crippen molar-refractivity contribution < 1.29 is 4.79 Å². The molecule has 1 saturated heterocycles. The van der Waals surface area contributed by atoms with Crippen LogP contribution in [0.3, 0.4) is 0 Å². The summed E-state index contributed by atoms with van der Waals surface area (Å²) in [4.78, 5) is 18.8. The van der Waals surface area contributed by atoms with Crippen molar-refractivity contribution >= 4 is 5.91 Å². The Hall–Kier alpha value is -2.16. The van der Waals surface area contributed by atoms with Crippen molar-refractivity contribution in [3.63, 3.8) is 0 Å². The van der Waals surface area contributed by atoms with E-state index in [-0.39, 0.29) is 5.91 Å². The van der Waals surface area contributed by atoms with E-state index in [1.807, 2.05) is 47.5 Å². The number of carbonyl (C=O) groups is 1. The first-order valence-corrected chi connectivity index (χ1v) is 7.15. The van der Waals surface area contributed by atoms with E-state index in [0.717, 1.165) is 42.6 Å². The number of carbonyl (C=O) groups excluding carboxylic acids is 1. The highest BCUT2D eigenvalue weighted by molar-refractivity contribution is 6.00. The highest BCUT2D eigenvalue weighted by Crippen LogP contribution is 2.25. The molecule has 0 saturated carbocycles. The molecule has 1 aliphatic rings. The minimum Gasteiger partial charge on any atom is -0.339 e. The van der Waals surface area contributed by atoms with Crippen LogP contribution in [0.15, 0.2) is 48.8 Å². The highest BCUT2D eigenvalue weighted by atomic mass is 16.2. The number of likely N-dealkylation sites (tertiary alicyclic amines) is 1. The average Bonchev–Trinajstić information content (AvgIpc) is 2.56. The fourth-order valence-corrected chi connectivity index (χ4v) is 2.71. The van der Waals surface area contributed by atoms with Gasteiger partial charge in [0, 0.05) is 36.6 Å². The van der Waals surface area contributed by atoms with E-state index >= 15 is 0 Å². The van der Waals surface area contributed by atoms with Gasteiger partial charge in [-0.1, -0.05) is 24.3 Å². The van der Waals surface area contributed by atoms with Gasteiger partial charge in [0.05, 0.1) is 0 Å². The van der Waals surface area contributed by atoms with Crippen LogP contribution in [0.25, 0.3) is 11.1 Å². The molecule has 0 atom stereocenters. The van der Waals surface area contributed by atoms with Crippen LogP contribution in [0.2, 0.25) is 0 Å². The molecule has 0 spiro atoms. The van der Waals surface area contributed by atoms with E-state index in [1.165, 1.54) is 6.42 Å². The maximum absolute atomic E-state index is 12.7. The molecule has 1 fully saturated rings. The number of hydrogen-bond donors (Lipinski definition) is 0. The third kappa shape index (κ3) is 2.57. The molecule has 2 aromatic rings. The summed E-state index contributed by atoms with van der Waals surface area (Å²) in [6.45, 7) is 1.75. The Balaban J connectivity index is 1.95. The van der Waals surface area contributed by atoms with Gasteiger partial charge in [0.15, 0.2) is 0 Å². The molecular formula is C17H18N2O. The fraction of sp³-hybridized carbons (Fsp3) is 0.294. The van der Waals surface area contributed by atoms with Gasteiger partial charge in [-0.2, -0.15) is 0 Å². The Labute approximate surface area is 119 Å². The zero-order chi connectivity index (χ0) is 13.8. The molecule has 0 N–H and O–H groups in total. The van der Waals surface area contributed by atoms with Crippen LogP contribution >= 0.6 is 0 Å². The molecular weight excluding hydrogens is 248 g/mol. The summed E-state index contributed by atoms with van der Waals surface area (Å²) in [6, 6.07) is 11.7. The average molecular weight is 266 g/mol. The molecule has 102 valence electrons. The van der Waals surface area contributed by atoms with Crippen LogP contribution in [0.1, 0.15) is 29.6 Å². The molecule has 0 radical (unpaired) electrons. The van der Waals surface area contributed by atoms with Crippen LogP contribution in [-0.4, -0.2) is 28.9 Å². The number of benzene rings is 1. The number of pyridine rings is 1. The number of amides is 1. The quantitative estimate of drug-likeness (QED) is 0.835. The summed E-state index contributed by atoms with van der Waals surface area (Å²) in [5, 5.41) is 0. The van der Waals surface area contributed by atoms with Crippen LogP contribution in [0, 0.1) is 0 Å². The Morgan fingerprint density at radius 1 is 1.00 bits per heavy atom. The van der Waals surface area contributed by atoms with Crippen LogP contribution in [0.5, 0.6) is 0 Å². The van der Waals surface area contributed by atoms with Gasteiger partial charge in [-0.3, -0.25) is 9.78 Å². The number of nitrogens with zero attached hydrogens (tertiary/aromatic N) is 2. The first kappa shape index (κ1) is 12.9. The van der Waals surface area contributed by atoms with Crippen molar-refractivity contribution in [1.29, 1.82) is 0 Å². The molecule has 3 heteroatoms. The van der Waals surface area contributed by atoms with Crippen molar-refractivity contribution in [3.8, 4) is 11.1 Å². The van der Waals surface area contributed by atoms with E-state index in [1.54, 1.807) is 6.20 Å². The predicted molar refractivity (Wildman–Crippen MR) is 79.4 cm³/mol. The zero-order valence-electron chi connectivity index (χ0n) is 11.5. The minimum absolute atomic E-state index is 0.143. The standard InChI is InChI=1S/C17H18N2O/c20-17(19-11-4-1-5-12-19)16-9-3-2-8-15(16)14-7-6-10-18-13-14/h2-3,6-10,13H,1,4-5,11-12H2. The second-order valence-electron chi connectivity index (χ2n) is 5.14. The van der Waals surface area contributed by atoms with Crippen LogP contribution < -0.4 is 0 Å². The number of rotatable bonds is 2. The number of hydrogen-bond acceptors (Lipinski definition) is 2. The summed E-state index contributed by atoms with van der Waals surface area (Å²) in [5.74, 6) is 0.143. The van der Waals surface area contributed by atoms with Crippen molar-refractivity contribution in [3.05, 3.63) is 54.4 Å². The molecule has 0 aliphatic carbocycles. The van der Waals surface area contributed by atoms with Crippen molar-refractivity contribution in [2.45, 2.75) is 19.3 Å². The van der Waals surface area contributed by atoms with Gasteiger partial charge in [-0.25, -0.2) is 0 Å². The lowest BCUT2D eigenvalue weighted by Gasteiger charge is -2.27. The molecule has 20 heavy (non-hydrogen) atoms. The Kier molecular flexibility index (Phi) is 3.77. The summed E-state index contributed by atoms with van der Waals surface area (Å²) in [5.41, 5.74) is 2.74. The van der Waals surface area contributed by atoms with E-state index in [0.29, 0.717) is 0 Å². The van der Waals surface area contributed by atoms with Gasteiger partial charge in [-0.05, 0) is 37.0 Å². The van der Waals surface area contributed by atoms with E-state index < -0.39 is 0 Å². The molecule has 1 amide bonds. The van der Waals surface area contributed by atoms with Crippen molar-refractivity contribution in [2.75, 3.05) is 13.1 Å². The lowest BCUT2D eigenvalue weighted by molar-refractivity contribution is 0.0725. The molecule has 0 unspecified atom stereocenters. The van der Waals surface area contributed by atoms with Crippen LogP contribution in [-0.2, 0) is 0 Å². The van der Waals surface area contributed by atoms with Crippen LogP contribution in [0.4, 0.5) is 0 Å². The first-order valence-electron chi connectivity index (χ1n) is 7.15. The van der Waals surface area contributed by atoms with E-state index in [9.17, 15) is 4.79 Å². The van der Waals surface area contributed by atoms with Gasteiger partial charge in [0.1, 0.15) is 0 Å². The molecule has 2 heterocycles. The Morgan fingerprint density at radius 3 is 2.55 bits per heavy atom. The smallest absolute Gasteiger partial charge is 0.254 e. The summed E-state index contributed by atoms with van der Waals surface area (Å²) in [7, 11) is 0. The normalized spacial score (nSPS) is 15.1. The van der Waals surface area contributed by atoms with Gasteiger partial charge in [0.25, 0.3) is 5.91 Å². The van der Waals surface area contributed by atoms with Gasteiger partial charge >= 0.3 is 0 Å². The third-order valence-electron chi connectivity index (χ3n) is 3.77. The van der Waals surface area contributed by atoms with Crippen molar-refractivity contribution in [2.24, 2.45) is 0 Å². The molecule has 0 bridgehead atoms. The predicted octanol–water partition coefficient (Wildman–Crippen LogP) is 3.37. The van der Waals surface area contributed by atoms with Gasteiger partial charge in [-0.15, -0.1) is 0 Å². The van der Waals surface area contributed by atoms with Gasteiger partial charge < -0.3 is 4.90 Å². The number of piperidine rings is 1. The SMILES string of the molecule is O=C(c1ccccc1-c1cccnc1)N1CCCCC1. The molecule has 3 nitrogen and oxygen atoms in total. The minimum atomic E-state index is 0.143. The second kappa shape index (κ2) is 5.87. The fourth-order valence-electron chi connectivity index (χ4n) is 2.71. The van der Waals surface area contributed by atoms with E-state index in [2.05, 4.69) is 4.98 Å². The van der Waals surface area contributed by atoms with E-state index in [4.69, 9.17) is 0 Å². The number of aromatic nitrogens is 1. The first-order chi connectivity index (χ1) is 9.86. The topological polar surface area (TPSA) is 33.2 Å². The maximum Gasteiger partial charge on any atom is 0.254 e. The lowest BCUT2D eigenvalue weighted by atomic mass is 9.99. The van der Waals surface area contributed by atoms with Gasteiger partial charge in [0.2, 0.25) is 0 Å². The monoisotopic (exact) mass is 266 g/mol. The zero-order valence-corrected chi connectivity index (χ0v) is 11.5.